The largest absolute Gasteiger partial charge is 0.481 e. The van der Waals surface area contributed by atoms with Crippen molar-refractivity contribution in [2.45, 2.75) is 36.8 Å². The summed E-state index contributed by atoms with van der Waals surface area (Å²) in [4.78, 5) is 31.2. The molecule has 2 aliphatic heterocycles. The van der Waals surface area contributed by atoms with Crippen LogP contribution in [0.1, 0.15) is 30.9 Å². The standard InChI is InChI=1S/C26H23Cl2N5O5S/c1-26(13-16-2-4-17(14-29)5-3-16)24(36)32(21-11-19(27)10-20(28)12-21)25-30-15-22(33(25)26)39(37,38)31-8-6-18(7-9-31)23(34)35/h2-5,10-12,15,18H,6-9,13H2,1H3,(H,34,35). The number of hydrogen-bond acceptors (Lipinski definition) is 6. The molecule has 13 heteroatoms. The number of hydrogen-bond donors (Lipinski definition) is 1. The van der Waals surface area contributed by atoms with Crippen LogP contribution in [-0.2, 0) is 31.6 Å². The highest BCUT2D eigenvalue weighted by molar-refractivity contribution is 7.89. The molecule has 1 unspecified atom stereocenters. The van der Waals surface area contributed by atoms with E-state index in [0.717, 1.165) is 0 Å². The summed E-state index contributed by atoms with van der Waals surface area (Å²) in [6, 6.07) is 13.4. The molecule has 1 N–H and O–H groups in total. The molecule has 0 aliphatic carbocycles. The van der Waals surface area contributed by atoms with Crippen molar-refractivity contribution < 1.29 is 23.1 Å². The summed E-state index contributed by atoms with van der Waals surface area (Å²) in [5.74, 6) is -1.91. The number of amides is 1. The number of halogens is 2. The van der Waals surface area contributed by atoms with Gasteiger partial charge in [-0.15, -0.1) is 0 Å². The number of carbonyl (C=O) groups is 2. The lowest BCUT2D eigenvalue weighted by Gasteiger charge is -2.31. The van der Waals surface area contributed by atoms with Crippen LogP contribution in [-0.4, -0.2) is 52.3 Å². The van der Waals surface area contributed by atoms with Gasteiger partial charge in [-0.05, 0) is 55.7 Å². The summed E-state index contributed by atoms with van der Waals surface area (Å²) in [6.07, 6.45) is 1.69. The van der Waals surface area contributed by atoms with E-state index >= 15 is 0 Å². The first-order valence-electron chi connectivity index (χ1n) is 12.1. The molecular formula is C26H23Cl2N5O5S. The molecule has 2 aromatic carbocycles. The average Bonchev–Trinajstić information content (AvgIpc) is 3.42. The van der Waals surface area contributed by atoms with Crippen molar-refractivity contribution in [3.05, 3.63) is 69.8 Å². The molecule has 1 fully saturated rings. The average molecular weight is 588 g/mol. The number of anilines is 2. The third-order valence-electron chi connectivity index (χ3n) is 7.21. The Bertz CT molecular complexity index is 1600. The molecule has 1 amide bonds. The van der Waals surface area contributed by atoms with Crippen LogP contribution >= 0.6 is 23.2 Å². The zero-order chi connectivity index (χ0) is 28.1. The molecular weight excluding hydrogens is 565 g/mol. The highest BCUT2D eigenvalue weighted by Crippen LogP contribution is 2.45. The number of imidazole rings is 1. The summed E-state index contributed by atoms with van der Waals surface area (Å²) in [5, 5.41) is 18.9. The van der Waals surface area contributed by atoms with Gasteiger partial charge in [0, 0.05) is 29.6 Å². The molecule has 10 nitrogen and oxygen atoms in total. The maximum absolute atomic E-state index is 14.1. The zero-order valence-corrected chi connectivity index (χ0v) is 23.0. The zero-order valence-electron chi connectivity index (χ0n) is 20.7. The van der Waals surface area contributed by atoms with Crippen LogP contribution in [0.2, 0.25) is 10.0 Å². The van der Waals surface area contributed by atoms with Gasteiger partial charge >= 0.3 is 5.97 Å². The molecule has 3 aromatic rings. The smallest absolute Gasteiger partial charge is 0.306 e. The maximum Gasteiger partial charge on any atom is 0.306 e. The van der Waals surface area contributed by atoms with E-state index in [0.29, 0.717) is 26.9 Å². The van der Waals surface area contributed by atoms with Crippen molar-refractivity contribution in [1.29, 1.82) is 5.26 Å². The molecule has 1 saturated heterocycles. The molecule has 0 radical (unpaired) electrons. The Labute approximate surface area is 235 Å². The van der Waals surface area contributed by atoms with Crippen LogP contribution < -0.4 is 4.90 Å². The van der Waals surface area contributed by atoms with Crippen LogP contribution in [0.3, 0.4) is 0 Å². The van der Waals surface area contributed by atoms with E-state index in [2.05, 4.69) is 11.1 Å². The number of rotatable bonds is 6. The van der Waals surface area contributed by atoms with Crippen molar-refractivity contribution in [2.75, 3.05) is 18.0 Å². The number of nitrogens with zero attached hydrogens (tertiary/aromatic N) is 5. The summed E-state index contributed by atoms with van der Waals surface area (Å²) in [7, 11) is -4.15. The normalized spacial score (nSPS) is 20.2. The van der Waals surface area contributed by atoms with Gasteiger partial charge in [-0.3, -0.25) is 14.2 Å². The molecule has 1 aromatic heterocycles. The topological polar surface area (TPSA) is 137 Å². The summed E-state index contributed by atoms with van der Waals surface area (Å²) in [6.45, 7) is 1.71. The fourth-order valence-corrected chi connectivity index (χ4v) is 7.35. The van der Waals surface area contributed by atoms with Gasteiger partial charge in [-0.2, -0.15) is 9.57 Å². The second-order valence-corrected chi connectivity index (χ2v) is 12.5. The Morgan fingerprint density at radius 2 is 1.77 bits per heavy atom. The number of carboxylic acid groups (broad SMARTS) is 1. The Morgan fingerprint density at radius 3 is 2.33 bits per heavy atom. The van der Waals surface area contributed by atoms with Gasteiger partial charge in [0.1, 0.15) is 5.54 Å². The molecule has 0 saturated carbocycles. The van der Waals surface area contributed by atoms with E-state index in [1.165, 1.54) is 26.0 Å². The number of carbonyl (C=O) groups excluding carboxylic acids is 1. The van der Waals surface area contributed by atoms with E-state index in [-0.39, 0.29) is 43.3 Å². The van der Waals surface area contributed by atoms with Gasteiger partial charge in [0.05, 0.1) is 29.4 Å². The van der Waals surface area contributed by atoms with Gasteiger partial charge < -0.3 is 5.11 Å². The Morgan fingerprint density at radius 1 is 1.15 bits per heavy atom. The van der Waals surface area contributed by atoms with Gasteiger partial charge in [0.25, 0.3) is 15.9 Å². The monoisotopic (exact) mass is 587 g/mol. The lowest BCUT2D eigenvalue weighted by Crippen LogP contribution is -2.44. The molecule has 5 rings (SSSR count). The van der Waals surface area contributed by atoms with Gasteiger partial charge in [-0.25, -0.2) is 18.3 Å². The number of nitriles is 1. The van der Waals surface area contributed by atoms with E-state index in [9.17, 15) is 23.1 Å². The number of fused-ring (bicyclic) bond motifs is 1. The quantitative estimate of drug-likeness (QED) is 0.456. The van der Waals surface area contributed by atoms with Gasteiger partial charge in [0.15, 0.2) is 5.03 Å². The number of benzene rings is 2. The second kappa shape index (κ2) is 9.95. The first-order valence-corrected chi connectivity index (χ1v) is 14.3. The first-order chi connectivity index (χ1) is 18.5. The number of piperidine rings is 1. The van der Waals surface area contributed by atoms with E-state index in [4.69, 9.17) is 28.5 Å². The Hall–Kier alpha value is -3.43. The van der Waals surface area contributed by atoms with Crippen LogP contribution in [0.5, 0.6) is 0 Å². The highest BCUT2D eigenvalue weighted by atomic mass is 35.5. The van der Waals surface area contributed by atoms with E-state index in [1.54, 1.807) is 43.3 Å². The fraction of sp³-hybridized carbons (Fsp3) is 0.308. The lowest BCUT2D eigenvalue weighted by atomic mass is 9.91. The second-order valence-electron chi connectivity index (χ2n) is 9.78. The molecule has 2 aliphatic rings. The number of aromatic nitrogens is 2. The minimum atomic E-state index is -4.15. The highest BCUT2D eigenvalue weighted by Gasteiger charge is 2.52. The molecule has 202 valence electrons. The Kier molecular flexibility index (Phi) is 6.93. The molecule has 3 heterocycles. The predicted octanol–water partition coefficient (Wildman–Crippen LogP) is 4.18. The third kappa shape index (κ3) is 4.67. The van der Waals surface area contributed by atoms with Crippen molar-refractivity contribution in [3.8, 4) is 6.07 Å². The van der Waals surface area contributed by atoms with Crippen molar-refractivity contribution in [2.24, 2.45) is 5.92 Å². The number of sulfonamides is 1. The van der Waals surface area contributed by atoms with E-state index in [1.807, 2.05) is 0 Å². The first kappa shape index (κ1) is 27.1. The van der Waals surface area contributed by atoms with Crippen LogP contribution in [0.25, 0.3) is 0 Å². The summed E-state index contributed by atoms with van der Waals surface area (Å²) >= 11 is 12.5. The summed E-state index contributed by atoms with van der Waals surface area (Å²) in [5.41, 5.74) is 0.0738. The SMILES string of the molecule is CC1(Cc2ccc(C#N)cc2)C(=O)N(c2cc(Cl)cc(Cl)c2)c2ncc(S(=O)(=O)N3CCC(C(=O)O)CC3)n21. The van der Waals surface area contributed by atoms with Crippen LogP contribution in [0.15, 0.2) is 53.7 Å². The van der Waals surface area contributed by atoms with Crippen molar-refractivity contribution >= 4 is 56.7 Å². The number of carboxylic acids is 1. The van der Waals surface area contributed by atoms with Crippen molar-refractivity contribution in [3.63, 3.8) is 0 Å². The number of aliphatic carboxylic acids is 1. The summed E-state index contributed by atoms with van der Waals surface area (Å²) < 4.78 is 30.4. The predicted molar refractivity (Wildman–Crippen MR) is 143 cm³/mol. The minimum absolute atomic E-state index is 0.0354. The molecule has 39 heavy (non-hydrogen) atoms. The van der Waals surface area contributed by atoms with Gasteiger partial charge in [-0.1, -0.05) is 35.3 Å². The Balaban J connectivity index is 1.62. The minimum Gasteiger partial charge on any atom is -0.481 e. The molecule has 0 spiro atoms. The third-order valence-corrected chi connectivity index (χ3v) is 9.51. The van der Waals surface area contributed by atoms with Crippen LogP contribution in [0.4, 0.5) is 11.6 Å². The molecule has 1 atom stereocenters. The maximum atomic E-state index is 14.1. The molecule has 0 bridgehead atoms. The van der Waals surface area contributed by atoms with E-state index < -0.39 is 33.4 Å². The van der Waals surface area contributed by atoms with Gasteiger partial charge in [0.2, 0.25) is 5.95 Å². The van der Waals surface area contributed by atoms with Crippen molar-refractivity contribution in [1.82, 2.24) is 13.9 Å². The fourth-order valence-electron chi connectivity index (χ4n) is 5.18. The van der Waals surface area contributed by atoms with Crippen LogP contribution in [0, 0.1) is 17.2 Å². The lowest BCUT2D eigenvalue weighted by molar-refractivity contribution is -0.143.